The summed E-state index contributed by atoms with van der Waals surface area (Å²) in [5.41, 5.74) is 4.19. The molecule has 0 saturated carbocycles. The molecule has 2 saturated heterocycles. The van der Waals surface area contributed by atoms with Gasteiger partial charge in [0.25, 0.3) is 0 Å². The number of sulfone groups is 1. The summed E-state index contributed by atoms with van der Waals surface area (Å²) in [5, 5.41) is 0. The first-order valence-corrected chi connectivity index (χ1v) is 13.6. The van der Waals surface area contributed by atoms with Crippen LogP contribution in [0.25, 0.3) is 0 Å². The molecule has 2 aromatic rings. The summed E-state index contributed by atoms with van der Waals surface area (Å²) in [6, 6.07) is 10.3. The van der Waals surface area contributed by atoms with Gasteiger partial charge in [-0.25, -0.2) is 8.42 Å². The molecule has 1 aromatic heterocycles. The molecule has 2 fully saturated rings. The van der Waals surface area contributed by atoms with Crippen molar-refractivity contribution in [2.24, 2.45) is 0 Å². The first kappa shape index (κ1) is 24.0. The maximum Gasteiger partial charge on any atom is 0.178 e. The van der Waals surface area contributed by atoms with Gasteiger partial charge in [0.05, 0.1) is 25.2 Å². The number of ether oxygens (including phenoxy) is 1. The van der Waals surface area contributed by atoms with E-state index in [0.29, 0.717) is 12.3 Å². The topological polar surface area (TPSA) is 71.8 Å². The molecule has 0 unspecified atom stereocenters. The van der Waals surface area contributed by atoms with Crippen molar-refractivity contribution in [1.82, 2.24) is 14.4 Å². The summed E-state index contributed by atoms with van der Waals surface area (Å²) < 4.78 is 31.0. The van der Waals surface area contributed by atoms with Gasteiger partial charge >= 0.3 is 0 Å². The second-order valence-electron chi connectivity index (χ2n) is 9.33. The monoisotopic (exact) mass is 473 g/mol. The number of ketones is 1. The van der Waals surface area contributed by atoms with Gasteiger partial charge in [0, 0.05) is 55.7 Å². The van der Waals surface area contributed by atoms with Gasteiger partial charge in [-0.05, 0) is 50.5 Å². The largest absolute Gasteiger partial charge is 0.497 e. The quantitative estimate of drug-likeness (QED) is 0.548. The molecule has 0 bridgehead atoms. The Bertz CT molecular complexity index is 1080. The SMILES string of the molecule is COc1ccc(CCn2c(C)cc(C(=O)CN3CCN([C@@H]4CCS(=O)(=O)C4)CC3)c2C)cc1. The summed E-state index contributed by atoms with van der Waals surface area (Å²) in [6.45, 7) is 8.61. The van der Waals surface area contributed by atoms with Crippen LogP contribution in [0.2, 0.25) is 0 Å². The van der Waals surface area contributed by atoms with E-state index in [0.717, 1.165) is 68.3 Å². The van der Waals surface area contributed by atoms with Crippen molar-refractivity contribution in [3.05, 3.63) is 52.8 Å². The summed E-state index contributed by atoms with van der Waals surface area (Å²) in [4.78, 5) is 17.6. The number of benzene rings is 1. The molecule has 2 aliphatic heterocycles. The van der Waals surface area contributed by atoms with Gasteiger partial charge in [-0.2, -0.15) is 0 Å². The van der Waals surface area contributed by atoms with Gasteiger partial charge in [-0.1, -0.05) is 12.1 Å². The highest BCUT2D eigenvalue weighted by Crippen LogP contribution is 2.21. The Balaban J connectivity index is 1.31. The van der Waals surface area contributed by atoms with Gasteiger partial charge in [0.1, 0.15) is 5.75 Å². The van der Waals surface area contributed by atoms with Crippen LogP contribution in [-0.2, 0) is 22.8 Å². The van der Waals surface area contributed by atoms with E-state index in [4.69, 9.17) is 4.74 Å². The van der Waals surface area contributed by atoms with Crippen LogP contribution in [0.4, 0.5) is 0 Å². The molecule has 0 radical (unpaired) electrons. The average molecular weight is 474 g/mol. The molecule has 0 amide bonds. The number of aromatic nitrogens is 1. The summed E-state index contributed by atoms with van der Waals surface area (Å²) in [5.74, 6) is 1.61. The Morgan fingerprint density at radius 1 is 1.09 bits per heavy atom. The number of carbonyl (C=O) groups excluding carboxylic acids is 1. The van der Waals surface area contributed by atoms with E-state index >= 15 is 0 Å². The molecule has 0 N–H and O–H groups in total. The second kappa shape index (κ2) is 9.99. The molecule has 3 heterocycles. The number of piperazine rings is 1. The van der Waals surface area contributed by atoms with Crippen molar-refractivity contribution in [2.45, 2.75) is 39.3 Å². The van der Waals surface area contributed by atoms with Crippen LogP contribution in [-0.4, -0.2) is 85.9 Å². The lowest BCUT2D eigenvalue weighted by molar-refractivity contribution is 0.0795. The maximum atomic E-state index is 13.1. The molecule has 0 spiro atoms. The Morgan fingerprint density at radius 2 is 1.79 bits per heavy atom. The van der Waals surface area contributed by atoms with E-state index in [2.05, 4.69) is 33.4 Å². The lowest BCUT2D eigenvalue weighted by Gasteiger charge is -2.37. The van der Waals surface area contributed by atoms with Crippen LogP contribution in [0.1, 0.15) is 33.7 Å². The molecule has 33 heavy (non-hydrogen) atoms. The number of rotatable bonds is 8. The highest BCUT2D eigenvalue weighted by Gasteiger charge is 2.34. The molecule has 8 heteroatoms. The van der Waals surface area contributed by atoms with Crippen molar-refractivity contribution in [3.8, 4) is 5.75 Å². The predicted octanol–water partition coefficient (Wildman–Crippen LogP) is 2.34. The molecule has 0 aliphatic carbocycles. The molecular weight excluding hydrogens is 438 g/mol. The zero-order valence-electron chi connectivity index (χ0n) is 19.9. The Hall–Kier alpha value is -2.16. The van der Waals surface area contributed by atoms with Crippen LogP contribution in [0.15, 0.2) is 30.3 Å². The standard InChI is InChI=1S/C25H35N3O4S/c1-19-16-24(20(2)28(19)10-8-21-4-6-23(32-3)7-5-21)25(29)17-26-11-13-27(14-12-26)22-9-15-33(30,31)18-22/h4-7,16,22H,8-15,17-18H2,1-3H3/t22-/m1/s1. The summed E-state index contributed by atoms with van der Waals surface area (Å²) in [7, 11) is -1.19. The third-order valence-electron chi connectivity index (χ3n) is 7.16. The van der Waals surface area contributed by atoms with Crippen molar-refractivity contribution in [2.75, 3.05) is 51.3 Å². The number of aryl methyl sites for hydroxylation is 2. The Kier molecular flexibility index (Phi) is 7.26. The number of hydrogen-bond acceptors (Lipinski definition) is 6. The van der Waals surface area contributed by atoms with Gasteiger partial charge in [-0.15, -0.1) is 0 Å². The maximum absolute atomic E-state index is 13.1. The zero-order chi connectivity index (χ0) is 23.6. The lowest BCUT2D eigenvalue weighted by atomic mass is 10.1. The Labute approximate surface area is 197 Å². The van der Waals surface area contributed by atoms with E-state index in [1.807, 2.05) is 25.1 Å². The third kappa shape index (κ3) is 5.67. The molecule has 2 aliphatic rings. The second-order valence-corrected chi connectivity index (χ2v) is 11.6. The van der Waals surface area contributed by atoms with Crippen molar-refractivity contribution >= 4 is 15.6 Å². The fourth-order valence-corrected chi connectivity index (χ4v) is 6.86. The number of nitrogens with zero attached hydrogens (tertiary/aromatic N) is 3. The average Bonchev–Trinajstić information content (AvgIpc) is 3.31. The van der Waals surface area contributed by atoms with E-state index < -0.39 is 9.84 Å². The van der Waals surface area contributed by atoms with Crippen molar-refractivity contribution in [3.63, 3.8) is 0 Å². The minimum atomic E-state index is -2.86. The fraction of sp³-hybridized carbons (Fsp3) is 0.560. The van der Waals surface area contributed by atoms with Crippen LogP contribution >= 0.6 is 0 Å². The molecule has 1 atom stereocenters. The first-order valence-electron chi connectivity index (χ1n) is 11.8. The van der Waals surface area contributed by atoms with Crippen LogP contribution in [0.5, 0.6) is 5.75 Å². The fourth-order valence-electron chi connectivity index (χ4n) is 5.10. The van der Waals surface area contributed by atoms with Crippen molar-refractivity contribution < 1.29 is 17.9 Å². The number of methoxy groups -OCH3 is 1. The first-order chi connectivity index (χ1) is 15.8. The molecular formula is C25H35N3O4S. The number of carbonyl (C=O) groups is 1. The van der Waals surface area contributed by atoms with E-state index in [1.165, 1.54) is 5.56 Å². The van der Waals surface area contributed by atoms with E-state index in [1.54, 1.807) is 7.11 Å². The van der Waals surface area contributed by atoms with Crippen LogP contribution < -0.4 is 4.74 Å². The van der Waals surface area contributed by atoms with Crippen LogP contribution in [0, 0.1) is 13.8 Å². The van der Waals surface area contributed by atoms with Gasteiger partial charge in [-0.3, -0.25) is 14.6 Å². The zero-order valence-corrected chi connectivity index (χ0v) is 20.7. The highest BCUT2D eigenvalue weighted by molar-refractivity contribution is 7.91. The summed E-state index contributed by atoms with van der Waals surface area (Å²) in [6.07, 6.45) is 1.64. The smallest absolute Gasteiger partial charge is 0.178 e. The predicted molar refractivity (Wildman–Crippen MR) is 130 cm³/mol. The number of Topliss-reactive ketones (excluding diaryl/α,β-unsaturated/α-hetero) is 1. The normalized spacial score (nSPS) is 21.4. The molecule has 4 rings (SSSR count). The van der Waals surface area contributed by atoms with Crippen LogP contribution in [0.3, 0.4) is 0 Å². The van der Waals surface area contributed by atoms with Gasteiger partial charge in [0.2, 0.25) is 0 Å². The Morgan fingerprint density at radius 3 is 2.39 bits per heavy atom. The van der Waals surface area contributed by atoms with Crippen molar-refractivity contribution in [1.29, 1.82) is 0 Å². The lowest BCUT2D eigenvalue weighted by Crippen LogP contribution is -2.51. The molecule has 7 nitrogen and oxygen atoms in total. The molecule has 180 valence electrons. The minimum Gasteiger partial charge on any atom is -0.497 e. The van der Waals surface area contributed by atoms with Gasteiger partial charge < -0.3 is 9.30 Å². The van der Waals surface area contributed by atoms with E-state index in [-0.39, 0.29) is 17.6 Å². The summed E-state index contributed by atoms with van der Waals surface area (Å²) >= 11 is 0. The molecule has 1 aromatic carbocycles. The number of hydrogen-bond donors (Lipinski definition) is 0. The van der Waals surface area contributed by atoms with Gasteiger partial charge in [0.15, 0.2) is 15.6 Å². The van der Waals surface area contributed by atoms with E-state index in [9.17, 15) is 13.2 Å². The minimum absolute atomic E-state index is 0.150. The third-order valence-corrected chi connectivity index (χ3v) is 8.91. The highest BCUT2D eigenvalue weighted by atomic mass is 32.2.